The van der Waals surface area contributed by atoms with Crippen molar-refractivity contribution in [3.63, 3.8) is 0 Å². The number of aromatic hydroxyl groups is 1. The number of phenols is 1. The molecule has 1 aromatic carbocycles. The van der Waals surface area contributed by atoms with Crippen LogP contribution < -0.4 is 16.6 Å². The Kier molecular flexibility index (Phi) is 3.95. The van der Waals surface area contributed by atoms with Crippen molar-refractivity contribution in [3.8, 4) is 16.9 Å². The van der Waals surface area contributed by atoms with Crippen LogP contribution in [0.2, 0.25) is 0 Å². The van der Waals surface area contributed by atoms with E-state index in [2.05, 4.69) is 5.32 Å². The summed E-state index contributed by atoms with van der Waals surface area (Å²) in [7, 11) is 1.50. The molecule has 0 radical (unpaired) electrons. The first-order chi connectivity index (χ1) is 10.8. The molecule has 0 spiro atoms. The minimum Gasteiger partial charge on any atom is -0.507 e. The van der Waals surface area contributed by atoms with Gasteiger partial charge in [-0.3, -0.25) is 4.79 Å². The highest BCUT2D eigenvalue weighted by Gasteiger charge is 2.29. The average molecular weight is 319 g/mol. The average Bonchev–Trinajstić information content (AvgIpc) is 2.44. The van der Waals surface area contributed by atoms with E-state index in [9.17, 15) is 29.7 Å². The molecule has 0 aliphatic rings. The SMILES string of the molecule is CNc1cccc(O)c1-c1c(C(=O)O)c(N)[nH]c(=O)c1C(=O)O. The van der Waals surface area contributed by atoms with Crippen LogP contribution in [0.5, 0.6) is 5.75 Å². The summed E-state index contributed by atoms with van der Waals surface area (Å²) in [5.74, 6) is -4.09. The van der Waals surface area contributed by atoms with Crippen LogP contribution in [-0.2, 0) is 0 Å². The van der Waals surface area contributed by atoms with Gasteiger partial charge in [-0.2, -0.15) is 0 Å². The molecule has 2 rings (SSSR count). The molecule has 9 nitrogen and oxygen atoms in total. The Morgan fingerprint density at radius 1 is 1.13 bits per heavy atom. The van der Waals surface area contributed by atoms with Crippen LogP contribution in [0.1, 0.15) is 20.7 Å². The Morgan fingerprint density at radius 3 is 2.26 bits per heavy atom. The van der Waals surface area contributed by atoms with Gasteiger partial charge in [-0.1, -0.05) is 6.07 Å². The number of phenolic OH excluding ortho intramolecular Hbond substituents is 1. The molecule has 9 heteroatoms. The largest absolute Gasteiger partial charge is 0.507 e. The molecule has 0 fully saturated rings. The van der Waals surface area contributed by atoms with Crippen LogP contribution in [-0.4, -0.2) is 39.3 Å². The van der Waals surface area contributed by atoms with Crippen molar-refractivity contribution in [1.82, 2.24) is 4.98 Å². The van der Waals surface area contributed by atoms with Gasteiger partial charge < -0.3 is 31.4 Å². The van der Waals surface area contributed by atoms with Crippen LogP contribution in [0, 0.1) is 0 Å². The van der Waals surface area contributed by atoms with Crippen molar-refractivity contribution in [2.75, 3.05) is 18.1 Å². The number of carbonyl (C=O) groups is 2. The number of anilines is 2. The topological polar surface area (TPSA) is 166 Å². The van der Waals surface area contributed by atoms with Gasteiger partial charge in [0.25, 0.3) is 5.56 Å². The number of hydrogen-bond acceptors (Lipinski definition) is 6. The van der Waals surface area contributed by atoms with E-state index in [0.29, 0.717) is 0 Å². The number of pyridine rings is 1. The zero-order valence-corrected chi connectivity index (χ0v) is 11.9. The van der Waals surface area contributed by atoms with Crippen LogP contribution in [0.15, 0.2) is 23.0 Å². The molecule has 0 aliphatic heterocycles. The van der Waals surface area contributed by atoms with E-state index in [4.69, 9.17) is 5.73 Å². The molecule has 0 saturated carbocycles. The van der Waals surface area contributed by atoms with Crippen LogP contribution in [0.25, 0.3) is 11.1 Å². The van der Waals surface area contributed by atoms with Gasteiger partial charge in [-0.05, 0) is 12.1 Å². The summed E-state index contributed by atoms with van der Waals surface area (Å²) in [4.78, 5) is 36.9. The number of aromatic carboxylic acids is 2. The van der Waals surface area contributed by atoms with Gasteiger partial charge in [0, 0.05) is 23.9 Å². The van der Waals surface area contributed by atoms with Gasteiger partial charge in [-0.15, -0.1) is 0 Å². The maximum atomic E-state index is 12.0. The lowest BCUT2D eigenvalue weighted by Crippen LogP contribution is -2.24. The van der Waals surface area contributed by atoms with Gasteiger partial charge in [0.05, 0.1) is 0 Å². The fourth-order valence-corrected chi connectivity index (χ4v) is 2.31. The Bertz CT molecular complexity index is 872. The Morgan fingerprint density at radius 2 is 1.74 bits per heavy atom. The number of nitrogen functional groups attached to an aromatic ring is 1. The van der Waals surface area contributed by atoms with Gasteiger partial charge >= 0.3 is 11.9 Å². The van der Waals surface area contributed by atoms with E-state index in [1.54, 1.807) is 0 Å². The van der Waals surface area contributed by atoms with Crippen molar-refractivity contribution < 1.29 is 24.9 Å². The lowest BCUT2D eigenvalue weighted by molar-refractivity contribution is 0.0695. The molecule has 0 unspecified atom stereocenters. The molecular weight excluding hydrogens is 306 g/mol. The minimum atomic E-state index is -1.64. The fraction of sp³-hybridized carbons (Fsp3) is 0.0714. The highest BCUT2D eigenvalue weighted by Crippen LogP contribution is 2.40. The van der Waals surface area contributed by atoms with Crippen LogP contribution in [0.4, 0.5) is 11.5 Å². The number of H-pyrrole nitrogens is 1. The summed E-state index contributed by atoms with van der Waals surface area (Å²) in [6, 6.07) is 4.20. The van der Waals surface area contributed by atoms with Crippen molar-refractivity contribution >= 4 is 23.4 Å². The van der Waals surface area contributed by atoms with Crippen LogP contribution >= 0.6 is 0 Å². The van der Waals surface area contributed by atoms with Gasteiger partial charge in [0.2, 0.25) is 0 Å². The maximum Gasteiger partial charge on any atom is 0.342 e. The van der Waals surface area contributed by atoms with Crippen molar-refractivity contribution in [1.29, 1.82) is 0 Å². The predicted octanol–water partition coefficient (Wildman–Crippen LogP) is 0.768. The van der Waals surface area contributed by atoms with Crippen molar-refractivity contribution in [3.05, 3.63) is 39.7 Å². The standard InChI is InChI=1S/C14H13N3O6/c1-16-5-3-2-4-6(18)7(5)8-9(13(20)21)11(15)17-12(19)10(8)14(22)23/h2-4,16,18H,1H3,(H,20,21)(H,22,23)(H3,15,17,19). The summed E-state index contributed by atoms with van der Waals surface area (Å²) in [6.07, 6.45) is 0. The summed E-state index contributed by atoms with van der Waals surface area (Å²) in [5.41, 5.74) is 2.67. The Labute approximate surface area is 129 Å². The number of benzene rings is 1. The first kappa shape index (κ1) is 15.9. The fourth-order valence-electron chi connectivity index (χ4n) is 2.31. The molecule has 23 heavy (non-hydrogen) atoms. The van der Waals surface area contributed by atoms with Gasteiger partial charge in [0.15, 0.2) is 0 Å². The Balaban J connectivity index is 3.10. The molecule has 1 aromatic heterocycles. The third-order valence-corrected chi connectivity index (χ3v) is 3.23. The number of carboxylic acid groups (broad SMARTS) is 2. The number of aromatic amines is 1. The monoisotopic (exact) mass is 319 g/mol. The molecule has 1 heterocycles. The number of nitrogens with one attached hydrogen (secondary N) is 2. The molecule has 0 atom stereocenters. The normalized spacial score (nSPS) is 10.3. The summed E-state index contributed by atoms with van der Waals surface area (Å²) < 4.78 is 0. The predicted molar refractivity (Wildman–Crippen MR) is 82.0 cm³/mol. The molecular formula is C14H13N3O6. The number of carboxylic acids is 2. The van der Waals surface area contributed by atoms with E-state index < -0.39 is 45.8 Å². The van der Waals surface area contributed by atoms with Gasteiger partial charge in [-0.25, -0.2) is 9.59 Å². The third-order valence-electron chi connectivity index (χ3n) is 3.23. The summed E-state index contributed by atoms with van der Waals surface area (Å²) in [6.45, 7) is 0. The second-order valence-corrected chi connectivity index (χ2v) is 4.55. The van der Waals surface area contributed by atoms with Crippen molar-refractivity contribution in [2.45, 2.75) is 0 Å². The number of rotatable bonds is 4. The lowest BCUT2D eigenvalue weighted by Gasteiger charge is -2.16. The second-order valence-electron chi connectivity index (χ2n) is 4.55. The first-order valence-corrected chi connectivity index (χ1v) is 6.32. The number of nitrogens with two attached hydrogens (primary N) is 1. The minimum absolute atomic E-state index is 0.136. The lowest BCUT2D eigenvalue weighted by atomic mass is 9.93. The highest BCUT2D eigenvalue weighted by atomic mass is 16.4. The quantitative estimate of drug-likeness (QED) is 0.480. The van der Waals surface area contributed by atoms with E-state index >= 15 is 0 Å². The summed E-state index contributed by atoms with van der Waals surface area (Å²) in [5, 5.41) is 31.5. The molecule has 0 aliphatic carbocycles. The molecule has 0 bridgehead atoms. The van der Waals surface area contributed by atoms with Gasteiger partial charge in [0.1, 0.15) is 22.7 Å². The zero-order valence-electron chi connectivity index (χ0n) is 11.9. The molecule has 0 saturated heterocycles. The third kappa shape index (κ3) is 2.55. The Hall–Kier alpha value is -3.49. The summed E-state index contributed by atoms with van der Waals surface area (Å²) >= 11 is 0. The number of aromatic nitrogens is 1. The second kappa shape index (κ2) is 5.72. The van der Waals surface area contributed by atoms with E-state index in [1.807, 2.05) is 4.98 Å². The van der Waals surface area contributed by atoms with E-state index in [-0.39, 0.29) is 11.3 Å². The van der Waals surface area contributed by atoms with Crippen molar-refractivity contribution in [2.24, 2.45) is 0 Å². The van der Waals surface area contributed by atoms with E-state index in [0.717, 1.165) is 0 Å². The number of hydrogen-bond donors (Lipinski definition) is 6. The molecule has 7 N–H and O–H groups in total. The molecule has 120 valence electrons. The smallest absolute Gasteiger partial charge is 0.342 e. The van der Waals surface area contributed by atoms with Crippen LogP contribution in [0.3, 0.4) is 0 Å². The zero-order chi connectivity index (χ0) is 17.3. The first-order valence-electron chi connectivity index (χ1n) is 6.32. The highest BCUT2D eigenvalue weighted by molar-refractivity contribution is 6.09. The van der Waals surface area contributed by atoms with E-state index in [1.165, 1.54) is 25.2 Å². The molecule has 2 aromatic rings. The maximum absolute atomic E-state index is 12.0. The molecule has 0 amide bonds.